The fraction of sp³-hybridized carbons (Fsp3) is 0.474. The Labute approximate surface area is 156 Å². The molecule has 2 amide bonds. The number of hydrogen-bond donors (Lipinski definition) is 1. The zero-order chi connectivity index (χ0) is 19.2. The molecule has 0 spiro atoms. The van der Waals surface area contributed by atoms with E-state index in [1.165, 1.54) is 11.8 Å². The van der Waals surface area contributed by atoms with E-state index in [-0.39, 0.29) is 30.4 Å². The average Bonchev–Trinajstić information content (AvgIpc) is 2.98. The quantitative estimate of drug-likeness (QED) is 0.796. The van der Waals surface area contributed by atoms with Crippen molar-refractivity contribution in [1.29, 1.82) is 10.5 Å². The number of carbonyl (C=O) groups excluding carboxylic acids is 2. The lowest BCUT2D eigenvalue weighted by Gasteiger charge is -2.19. The number of ether oxygens (including phenoxy) is 1. The molecule has 2 saturated heterocycles. The second-order valence-corrected chi connectivity index (χ2v) is 7.30. The van der Waals surface area contributed by atoms with Crippen molar-refractivity contribution in [3.63, 3.8) is 0 Å². The maximum atomic E-state index is 12.1. The summed E-state index contributed by atoms with van der Waals surface area (Å²) >= 11 is 0. The lowest BCUT2D eigenvalue weighted by atomic mass is 9.91. The Balaban J connectivity index is 1.46. The van der Waals surface area contributed by atoms with Crippen molar-refractivity contribution in [2.24, 2.45) is 11.8 Å². The third kappa shape index (κ3) is 2.65. The number of benzene rings is 1. The molecule has 1 saturated carbocycles. The first-order valence-corrected chi connectivity index (χ1v) is 8.88. The van der Waals surface area contributed by atoms with Gasteiger partial charge in [0.1, 0.15) is 6.10 Å². The lowest BCUT2D eigenvalue weighted by Crippen LogP contribution is -2.33. The first-order valence-electron chi connectivity index (χ1n) is 8.88. The molecule has 8 heteroatoms. The van der Waals surface area contributed by atoms with Crippen LogP contribution in [0.5, 0.6) is 0 Å². The number of nitrogens with zero attached hydrogens (tertiary/aromatic N) is 4. The van der Waals surface area contributed by atoms with E-state index >= 15 is 0 Å². The number of fused-ring (bicyclic) bond motifs is 1. The van der Waals surface area contributed by atoms with Gasteiger partial charge in [0, 0.05) is 37.5 Å². The molecular weight excluding hydrogens is 346 g/mol. The number of cyclic esters (lactones) is 1. The molecule has 1 aromatic carbocycles. The van der Waals surface area contributed by atoms with Crippen LogP contribution in [-0.2, 0) is 14.9 Å². The van der Waals surface area contributed by atoms with Gasteiger partial charge >= 0.3 is 6.09 Å². The molecule has 8 nitrogen and oxygen atoms in total. The summed E-state index contributed by atoms with van der Waals surface area (Å²) in [5.41, 5.74) is 1.11. The Morgan fingerprint density at radius 3 is 2.48 bits per heavy atom. The third-order valence-corrected chi connectivity index (χ3v) is 5.82. The highest BCUT2D eigenvalue weighted by Crippen LogP contribution is 2.63. The van der Waals surface area contributed by atoms with Gasteiger partial charge in [0.05, 0.1) is 24.6 Å². The molecular formula is C19H19N5O3. The summed E-state index contributed by atoms with van der Waals surface area (Å²) in [6.45, 7) is 3.32. The van der Waals surface area contributed by atoms with Crippen LogP contribution in [0.2, 0.25) is 0 Å². The van der Waals surface area contributed by atoms with Crippen LogP contribution in [0, 0.1) is 34.6 Å². The van der Waals surface area contributed by atoms with Gasteiger partial charge in [-0.3, -0.25) is 9.69 Å². The van der Waals surface area contributed by atoms with E-state index in [9.17, 15) is 14.9 Å². The Kier molecular flexibility index (Phi) is 3.92. The molecule has 1 aromatic rings. The van der Waals surface area contributed by atoms with E-state index in [1.54, 1.807) is 4.90 Å². The van der Waals surface area contributed by atoms with Gasteiger partial charge in [-0.2, -0.15) is 10.5 Å². The molecule has 3 fully saturated rings. The summed E-state index contributed by atoms with van der Waals surface area (Å²) in [5, 5.41) is 21.4. The molecule has 2 unspecified atom stereocenters. The minimum Gasteiger partial charge on any atom is -0.442 e. The minimum atomic E-state index is -0.522. The number of amides is 2. The van der Waals surface area contributed by atoms with Crippen molar-refractivity contribution in [2.75, 3.05) is 31.1 Å². The lowest BCUT2D eigenvalue weighted by molar-refractivity contribution is -0.119. The number of carbonyl (C=O) groups is 2. The summed E-state index contributed by atoms with van der Waals surface area (Å²) in [6, 6.07) is 9.90. The number of hydrogen-bond acceptors (Lipinski definition) is 6. The maximum Gasteiger partial charge on any atom is 0.414 e. The highest BCUT2D eigenvalue weighted by molar-refractivity contribution is 5.89. The van der Waals surface area contributed by atoms with Gasteiger partial charge in [0.25, 0.3) is 0 Å². The maximum absolute atomic E-state index is 12.1. The summed E-state index contributed by atoms with van der Waals surface area (Å²) in [6.07, 6.45) is 1.32. The standard InChI is InChI=1S/C19H19N5O3/c1-12(25)22-6-15-7-24(18(26)27-15)14-4-2-13(3-5-14)19(10-20)16-8-23(11-21)9-17(16)19/h2-5,15-17H,6-9H2,1H3,(H,22,25)/t15-,16?,17?,19?/m0/s1. The van der Waals surface area contributed by atoms with Gasteiger partial charge in [0.2, 0.25) is 5.91 Å². The van der Waals surface area contributed by atoms with Crippen molar-refractivity contribution in [3.8, 4) is 12.3 Å². The normalized spacial score (nSPS) is 30.9. The van der Waals surface area contributed by atoms with E-state index < -0.39 is 11.5 Å². The predicted molar refractivity (Wildman–Crippen MR) is 94.2 cm³/mol. The molecule has 3 aliphatic rings. The van der Waals surface area contributed by atoms with Gasteiger partial charge in [-0.05, 0) is 17.7 Å². The summed E-state index contributed by atoms with van der Waals surface area (Å²) in [7, 11) is 0. The van der Waals surface area contributed by atoms with Crippen LogP contribution in [-0.4, -0.2) is 49.2 Å². The molecule has 0 bridgehead atoms. The molecule has 2 aliphatic heterocycles. The minimum absolute atomic E-state index is 0.166. The Morgan fingerprint density at radius 2 is 1.93 bits per heavy atom. The van der Waals surface area contributed by atoms with Crippen LogP contribution in [0.1, 0.15) is 12.5 Å². The van der Waals surface area contributed by atoms with Crippen LogP contribution in [0.4, 0.5) is 10.5 Å². The Hall–Kier alpha value is -3.26. The molecule has 3 atom stereocenters. The topological polar surface area (TPSA) is 109 Å². The van der Waals surface area contributed by atoms with Crippen molar-refractivity contribution >= 4 is 17.7 Å². The van der Waals surface area contributed by atoms with Gasteiger partial charge in [0.15, 0.2) is 6.19 Å². The number of nitriles is 2. The summed E-state index contributed by atoms with van der Waals surface area (Å²) in [5.74, 6) is 0.208. The molecule has 138 valence electrons. The van der Waals surface area contributed by atoms with Crippen molar-refractivity contribution in [3.05, 3.63) is 29.8 Å². The van der Waals surface area contributed by atoms with E-state index in [4.69, 9.17) is 10.00 Å². The molecule has 4 rings (SSSR count). The van der Waals surface area contributed by atoms with Crippen LogP contribution >= 0.6 is 0 Å². The summed E-state index contributed by atoms with van der Waals surface area (Å²) < 4.78 is 5.28. The van der Waals surface area contributed by atoms with Crippen LogP contribution in [0.3, 0.4) is 0 Å². The van der Waals surface area contributed by atoms with E-state index in [0.29, 0.717) is 25.3 Å². The number of rotatable bonds is 4. The number of likely N-dealkylation sites (tertiary alicyclic amines) is 1. The zero-order valence-corrected chi connectivity index (χ0v) is 14.9. The highest BCUT2D eigenvalue weighted by atomic mass is 16.6. The zero-order valence-electron chi connectivity index (χ0n) is 14.9. The Bertz CT molecular complexity index is 857. The molecule has 1 aliphatic carbocycles. The smallest absolute Gasteiger partial charge is 0.414 e. The summed E-state index contributed by atoms with van der Waals surface area (Å²) in [4.78, 5) is 26.4. The van der Waals surface area contributed by atoms with Crippen molar-refractivity contribution in [2.45, 2.75) is 18.4 Å². The number of anilines is 1. The monoisotopic (exact) mass is 365 g/mol. The SMILES string of the molecule is CC(=O)NC[C@H]1CN(c2ccc(C3(C#N)C4CN(C#N)CC43)cc2)C(=O)O1. The van der Waals surface area contributed by atoms with Gasteiger partial charge in [-0.1, -0.05) is 12.1 Å². The van der Waals surface area contributed by atoms with Gasteiger partial charge in [-0.15, -0.1) is 0 Å². The third-order valence-electron chi connectivity index (χ3n) is 5.82. The van der Waals surface area contributed by atoms with E-state index in [0.717, 1.165) is 5.56 Å². The van der Waals surface area contributed by atoms with Crippen molar-refractivity contribution < 1.29 is 14.3 Å². The first kappa shape index (κ1) is 17.2. The largest absolute Gasteiger partial charge is 0.442 e. The number of piperidine rings is 1. The molecule has 27 heavy (non-hydrogen) atoms. The van der Waals surface area contributed by atoms with Crippen LogP contribution in [0.25, 0.3) is 0 Å². The predicted octanol–water partition coefficient (Wildman–Crippen LogP) is 0.952. The fourth-order valence-electron chi connectivity index (χ4n) is 4.38. The first-order chi connectivity index (χ1) is 13.0. The Morgan fingerprint density at radius 1 is 1.26 bits per heavy atom. The molecule has 2 heterocycles. The van der Waals surface area contributed by atoms with Crippen molar-refractivity contribution in [1.82, 2.24) is 10.2 Å². The van der Waals surface area contributed by atoms with Crippen LogP contribution < -0.4 is 10.2 Å². The van der Waals surface area contributed by atoms with E-state index in [1.807, 2.05) is 24.3 Å². The van der Waals surface area contributed by atoms with Gasteiger partial charge < -0.3 is 15.0 Å². The molecule has 0 radical (unpaired) electrons. The van der Waals surface area contributed by atoms with Gasteiger partial charge in [-0.25, -0.2) is 4.79 Å². The molecule has 0 aromatic heterocycles. The fourth-order valence-corrected chi connectivity index (χ4v) is 4.38. The highest BCUT2D eigenvalue weighted by Gasteiger charge is 2.70. The molecule has 1 N–H and O–H groups in total. The average molecular weight is 365 g/mol. The van der Waals surface area contributed by atoms with E-state index in [2.05, 4.69) is 17.6 Å². The van der Waals surface area contributed by atoms with Crippen LogP contribution in [0.15, 0.2) is 24.3 Å². The second-order valence-electron chi connectivity index (χ2n) is 7.30. The second kappa shape index (κ2) is 6.17. The number of nitrogens with one attached hydrogen (secondary N) is 1.